The zero-order valence-electron chi connectivity index (χ0n) is 13.6. The first-order valence-corrected chi connectivity index (χ1v) is 7.20. The number of aliphatic hydroxyl groups excluding tert-OH is 1. The van der Waals surface area contributed by atoms with E-state index in [2.05, 4.69) is 5.32 Å². The summed E-state index contributed by atoms with van der Waals surface area (Å²) in [6.07, 6.45) is 1.08. The molecule has 0 aliphatic rings. The van der Waals surface area contributed by atoms with E-state index in [4.69, 9.17) is 4.74 Å². The van der Waals surface area contributed by atoms with Gasteiger partial charge >= 0.3 is 6.09 Å². The van der Waals surface area contributed by atoms with E-state index in [1.54, 1.807) is 34.6 Å². The van der Waals surface area contributed by atoms with Gasteiger partial charge in [0, 0.05) is 38.3 Å². The molecule has 0 aromatic heterocycles. The normalized spacial score (nSPS) is 13.6. The van der Waals surface area contributed by atoms with Crippen molar-refractivity contribution in [2.24, 2.45) is 5.92 Å². The maximum absolute atomic E-state index is 11.4. The van der Waals surface area contributed by atoms with E-state index < -0.39 is 17.2 Å². The third-order valence-corrected chi connectivity index (χ3v) is 3.00. The number of rotatable bonds is 8. The monoisotopic (exact) mass is 304 g/mol. The summed E-state index contributed by atoms with van der Waals surface area (Å²) in [6.45, 7) is 8.79. The summed E-state index contributed by atoms with van der Waals surface area (Å²) in [5.74, 6) is -0.147. The van der Waals surface area contributed by atoms with E-state index in [9.17, 15) is 20.0 Å². The van der Waals surface area contributed by atoms with Gasteiger partial charge in [-0.15, -0.1) is 0 Å². The second-order valence-corrected chi connectivity index (χ2v) is 6.89. The van der Waals surface area contributed by atoms with Gasteiger partial charge in [-0.3, -0.25) is 10.1 Å². The molecule has 0 radical (unpaired) electrons. The molecule has 0 spiro atoms. The number of nitrogens with one attached hydrogen (secondary N) is 1. The SMILES string of the molecule is CC(C)(C)OC(=O)NCCC[C@H](CO)CC(C)(C)[N+](=O)[O-]. The van der Waals surface area contributed by atoms with Gasteiger partial charge in [0.25, 0.3) is 0 Å². The highest BCUT2D eigenvalue weighted by Crippen LogP contribution is 2.22. The Kier molecular flexibility index (Phi) is 7.63. The highest BCUT2D eigenvalue weighted by Gasteiger charge is 2.33. The zero-order valence-corrected chi connectivity index (χ0v) is 13.6. The van der Waals surface area contributed by atoms with Crippen molar-refractivity contribution in [3.63, 3.8) is 0 Å². The molecule has 7 nitrogen and oxygen atoms in total. The van der Waals surface area contributed by atoms with Gasteiger partial charge in [0.2, 0.25) is 5.54 Å². The van der Waals surface area contributed by atoms with Crippen LogP contribution < -0.4 is 5.32 Å². The van der Waals surface area contributed by atoms with Crippen LogP contribution in [0.3, 0.4) is 0 Å². The number of hydrogen-bond donors (Lipinski definition) is 2. The Morgan fingerprint density at radius 1 is 1.33 bits per heavy atom. The highest BCUT2D eigenvalue weighted by atomic mass is 16.6. The number of aliphatic hydroxyl groups is 1. The number of carbonyl (C=O) groups is 1. The predicted molar refractivity (Wildman–Crippen MR) is 79.7 cm³/mol. The molecule has 0 aliphatic carbocycles. The minimum atomic E-state index is -1.05. The van der Waals surface area contributed by atoms with Crippen molar-refractivity contribution >= 4 is 6.09 Å². The number of amides is 1. The number of ether oxygens (including phenoxy) is 1. The first-order chi connectivity index (χ1) is 9.48. The lowest BCUT2D eigenvalue weighted by Crippen LogP contribution is -2.35. The third-order valence-electron chi connectivity index (χ3n) is 3.00. The van der Waals surface area contributed by atoms with Gasteiger partial charge in [-0.1, -0.05) is 0 Å². The predicted octanol–water partition coefficient (Wildman–Crippen LogP) is 2.35. The van der Waals surface area contributed by atoms with Gasteiger partial charge in [-0.2, -0.15) is 0 Å². The zero-order chi connectivity index (χ0) is 16.7. The summed E-state index contributed by atoms with van der Waals surface area (Å²) in [5.41, 5.74) is -1.58. The molecule has 0 aromatic carbocycles. The van der Waals surface area contributed by atoms with E-state index >= 15 is 0 Å². The maximum atomic E-state index is 11.4. The second-order valence-electron chi connectivity index (χ2n) is 6.89. The summed E-state index contributed by atoms with van der Waals surface area (Å²) in [6, 6.07) is 0. The molecular weight excluding hydrogens is 276 g/mol. The topological polar surface area (TPSA) is 102 Å². The fourth-order valence-electron chi connectivity index (χ4n) is 1.93. The van der Waals surface area contributed by atoms with Gasteiger partial charge in [-0.05, 0) is 39.5 Å². The average molecular weight is 304 g/mol. The van der Waals surface area contributed by atoms with Crippen molar-refractivity contribution in [3.8, 4) is 0 Å². The summed E-state index contributed by atoms with van der Waals surface area (Å²) >= 11 is 0. The van der Waals surface area contributed by atoms with Crippen LogP contribution in [0.25, 0.3) is 0 Å². The lowest BCUT2D eigenvalue weighted by atomic mass is 9.88. The fraction of sp³-hybridized carbons (Fsp3) is 0.929. The molecule has 0 saturated carbocycles. The molecule has 124 valence electrons. The Hall–Kier alpha value is -1.37. The third kappa shape index (κ3) is 9.23. The van der Waals surface area contributed by atoms with Crippen molar-refractivity contribution in [3.05, 3.63) is 10.1 Å². The first-order valence-electron chi connectivity index (χ1n) is 7.20. The number of nitro groups is 1. The summed E-state index contributed by atoms with van der Waals surface area (Å²) in [5, 5.41) is 22.8. The van der Waals surface area contributed by atoms with E-state index in [1.807, 2.05) is 0 Å². The quantitative estimate of drug-likeness (QED) is 0.407. The highest BCUT2D eigenvalue weighted by molar-refractivity contribution is 5.67. The van der Waals surface area contributed by atoms with Crippen LogP contribution in [-0.2, 0) is 4.74 Å². The number of nitrogens with zero attached hydrogens (tertiary/aromatic N) is 1. The first kappa shape index (κ1) is 19.6. The maximum Gasteiger partial charge on any atom is 0.407 e. The molecule has 0 rings (SSSR count). The largest absolute Gasteiger partial charge is 0.444 e. The van der Waals surface area contributed by atoms with E-state index in [0.717, 1.165) is 0 Å². The molecule has 1 atom stereocenters. The number of alkyl carbamates (subject to hydrolysis) is 1. The lowest BCUT2D eigenvalue weighted by Gasteiger charge is -2.22. The molecule has 0 saturated heterocycles. The number of hydrogen-bond acceptors (Lipinski definition) is 5. The van der Waals surface area contributed by atoms with E-state index in [-0.39, 0.29) is 17.4 Å². The molecule has 7 heteroatoms. The van der Waals surface area contributed by atoms with Crippen molar-refractivity contribution in [1.29, 1.82) is 0 Å². The Morgan fingerprint density at radius 2 is 1.90 bits per heavy atom. The minimum absolute atomic E-state index is 0.0935. The molecule has 0 heterocycles. The van der Waals surface area contributed by atoms with Gasteiger partial charge in [0.05, 0.1) is 0 Å². The molecule has 0 unspecified atom stereocenters. The van der Waals surface area contributed by atoms with Crippen LogP contribution in [0.2, 0.25) is 0 Å². The van der Waals surface area contributed by atoms with E-state index in [1.165, 1.54) is 0 Å². The molecule has 21 heavy (non-hydrogen) atoms. The Morgan fingerprint density at radius 3 is 2.33 bits per heavy atom. The van der Waals surface area contributed by atoms with E-state index in [0.29, 0.717) is 25.8 Å². The van der Waals surface area contributed by atoms with Gasteiger partial charge < -0.3 is 15.2 Å². The molecule has 0 fully saturated rings. The Bertz CT molecular complexity index is 350. The van der Waals surface area contributed by atoms with Crippen molar-refractivity contribution in [2.45, 2.75) is 65.0 Å². The summed E-state index contributed by atoms with van der Waals surface area (Å²) in [4.78, 5) is 22.0. The molecule has 2 N–H and O–H groups in total. The molecule has 0 aliphatic heterocycles. The van der Waals surface area contributed by atoms with Gasteiger partial charge in [0.15, 0.2) is 0 Å². The summed E-state index contributed by atoms with van der Waals surface area (Å²) < 4.78 is 5.09. The minimum Gasteiger partial charge on any atom is -0.444 e. The number of carbonyl (C=O) groups excluding carboxylic acids is 1. The molecule has 0 bridgehead atoms. The lowest BCUT2D eigenvalue weighted by molar-refractivity contribution is -0.563. The van der Waals surface area contributed by atoms with Crippen LogP contribution in [0.5, 0.6) is 0 Å². The van der Waals surface area contributed by atoms with Crippen LogP contribution in [0.4, 0.5) is 4.79 Å². The fourth-order valence-corrected chi connectivity index (χ4v) is 1.93. The standard InChI is InChI=1S/C14H28N2O5/c1-13(2,3)21-12(18)15-8-6-7-11(10-17)9-14(4,5)16(19)20/h11,17H,6-10H2,1-5H3,(H,15,18)/t11-/m0/s1. The van der Waals surface area contributed by atoms with Crippen molar-refractivity contribution in [2.75, 3.05) is 13.2 Å². The van der Waals surface area contributed by atoms with Crippen LogP contribution in [0.15, 0.2) is 0 Å². The summed E-state index contributed by atoms with van der Waals surface area (Å²) in [7, 11) is 0. The molecular formula is C14H28N2O5. The van der Waals surface area contributed by atoms with Crippen LogP contribution in [0.1, 0.15) is 53.9 Å². The van der Waals surface area contributed by atoms with Crippen LogP contribution in [0, 0.1) is 16.0 Å². The van der Waals surface area contributed by atoms with Crippen molar-refractivity contribution < 1.29 is 19.6 Å². The van der Waals surface area contributed by atoms with Crippen LogP contribution >= 0.6 is 0 Å². The van der Waals surface area contributed by atoms with Gasteiger partial charge in [0.1, 0.15) is 5.60 Å². The van der Waals surface area contributed by atoms with Gasteiger partial charge in [-0.25, -0.2) is 4.79 Å². The van der Waals surface area contributed by atoms with Crippen LogP contribution in [-0.4, -0.2) is 40.4 Å². The smallest absolute Gasteiger partial charge is 0.407 e. The average Bonchev–Trinajstić information content (AvgIpc) is 2.30. The Balaban J connectivity index is 4.04. The Labute approximate surface area is 126 Å². The van der Waals surface area contributed by atoms with Crippen molar-refractivity contribution in [1.82, 2.24) is 5.32 Å². The molecule has 1 amide bonds. The molecule has 0 aromatic rings. The second kappa shape index (κ2) is 8.17.